The number of hydrogen-bond acceptors (Lipinski definition) is 4. The van der Waals surface area contributed by atoms with E-state index in [-0.39, 0.29) is 29.5 Å². The Morgan fingerprint density at radius 3 is 2.38 bits per heavy atom. The number of piperidine rings is 1. The fourth-order valence-electron chi connectivity index (χ4n) is 3.63. The molecule has 7 nitrogen and oxygen atoms in total. The molecule has 2 N–H and O–H groups in total. The average molecular weight is 395 g/mol. The van der Waals surface area contributed by atoms with Gasteiger partial charge in [-0.1, -0.05) is 37.3 Å². The third-order valence-electron chi connectivity index (χ3n) is 5.29. The summed E-state index contributed by atoms with van der Waals surface area (Å²) in [5, 5.41) is 11.8. The van der Waals surface area contributed by atoms with Crippen LogP contribution in [0.5, 0.6) is 0 Å². The van der Waals surface area contributed by atoms with E-state index in [0.717, 1.165) is 12.0 Å². The Morgan fingerprint density at radius 2 is 1.83 bits per heavy atom. The van der Waals surface area contributed by atoms with Crippen LogP contribution in [0.1, 0.15) is 58.5 Å². The van der Waals surface area contributed by atoms with E-state index < -0.39 is 5.97 Å². The number of pyridine rings is 1. The summed E-state index contributed by atoms with van der Waals surface area (Å²) in [6.07, 6.45) is 3.38. The number of carbonyl (C=O) groups is 3. The normalized spacial score (nSPS) is 15.6. The minimum absolute atomic E-state index is 0.0255. The van der Waals surface area contributed by atoms with E-state index in [1.807, 2.05) is 42.2 Å². The summed E-state index contributed by atoms with van der Waals surface area (Å²) in [5.41, 5.74) is 1.26. The Hall–Kier alpha value is -3.22. The van der Waals surface area contributed by atoms with E-state index in [4.69, 9.17) is 5.11 Å². The van der Waals surface area contributed by atoms with E-state index in [1.165, 1.54) is 18.3 Å². The van der Waals surface area contributed by atoms with E-state index in [1.54, 1.807) is 0 Å². The number of carbonyl (C=O) groups excluding carboxylic acids is 2. The quantitative estimate of drug-likeness (QED) is 0.783. The Bertz CT molecular complexity index is 859. The summed E-state index contributed by atoms with van der Waals surface area (Å²) in [4.78, 5) is 41.8. The smallest absolute Gasteiger partial charge is 0.354 e. The monoisotopic (exact) mass is 395 g/mol. The maximum absolute atomic E-state index is 12.9. The molecule has 3 rings (SSSR count). The molecule has 0 radical (unpaired) electrons. The van der Waals surface area contributed by atoms with Crippen LogP contribution in [0.2, 0.25) is 0 Å². The Labute approximate surface area is 169 Å². The molecule has 7 heteroatoms. The Morgan fingerprint density at radius 1 is 1.14 bits per heavy atom. The van der Waals surface area contributed by atoms with Gasteiger partial charge in [0.05, 0.1) is 11.5 Å². The highest BCUT2D eigenvalue weighted by atomic mass is 16.4. The third-order valence-corrected chi connectivity index (χ3v) is 5.29. The number of rotatable bonds is 6. The highest BCUT2D eigenvalue weighted by Gasteiger charge is 2.29. The molecule has 29 heavy (non-hydrogen) atoms. The number of nitrogens with zero attached hydrogens (tertiary/aromatic N) is 2. The molecule has 1 aromatic heterocycles. The van der Waals surface area contributed by atoms with Crippen molar-refractivity contribution in [1.82, 2.24) is 15.2 Å². The fraction of sp³-hybridized carbons (Fsp3) is 0.364. The van der Waals surface area contributed by atoms with Crippen LogP contribution in [0.15, 0.2) is 48.7 Å². The molecular weight excluding hydrogens is 370 g/mol. The van der Waals surface area contributed by atoms with Crippen molar-refractivity contribution in [3.8, 4) is 0 Å². The SMILES string of the molecule is CCC(C(=O)N1CCC(NC(=O)c2ccc(C(=O)O)nc2)CC1)c1ccccc1. The van der Waals surface area contributed by atoms with Crippen molar-refractivity contribution in [1.29, 1.82) is 0 Å². The molecule has 1 saturated heterocycles. The van der Waals surface area contributed by atoms with Gasteiger partial charge in [0, 0.05) is 25.3 Å². The predicted molar refractivity (Wildman–Crippen MR) is 108 cm³/mol. The molecule has 0 bridgehead atoms. The summed E-state index contributed by atoms with van der Waals surface area (Å²) >= 11 is 0. The molecular formula is C22H25N3O4. The molecule has 152 valence electrons. The maximum atomic E-state index is 12.9. The molecule has 2 aromatic rings. The number of aromatic carboxylic acids is 1. The molecule has 1 unspecified atom stereocenters. The zero-order valence-corrected chi connectivity index (χ0v) is 16.4. The van der Waals surface area contributed by atoms with Gasteiger partial charge in [0.2, 0.25) is 5.91 Å². The highest BCUT2D eigenvalue weighted by molar-refractivity contribution is 5.95. The molecule has 0 saturated carbocycles. The molecule has 1 aromatic carbocycles. The van der Waals surface area contributed by atoms with Crippen LogP contribution in [-0.2, 0) is 4.79 Å². The molecule has 1 aliphatic rings. The zero-order valence-electron chi connectivity index (χ0n) is 16.4. The molecule has 1 fully saturated rings. The predicted octanol–water partition coefficient (Wildman–Crippen LogP) is 2.69. The van der Waals surface area contributed by atoms with Crippen LogP contribution in [0, 0.1) is 0 Å². The number of aromatic nitrogens is 1. The van der Waals surface area contributed by atoms with Gasteiger partial charge in [-0.3, -0.25) is 9.59 Å². The number of nitrogens with one attached hydrogen (secondary N) is 1. The largest absolute Gasteiger partial charge is 0.477 e. The first-order chi connectivity index (χ1) is 14.0. The lowest BCUT2D eigenvalue weighted by molar-refractivity contribution is -0.134. The summed E-state index contributed by atoms with van der Waals surface area (Å²) in [6.45, 7) is 3.22. The van der Waals surface area contributed by atoms with Crippen molar-refractivity contribution < 1.29 is 19.5 Å². The first kappa shape index (κ1) is 20.5. The lowest BCUT2D eigenvalue weighted by Gasteiger charge is -2.34. The van der Waals surface area contributed by atoms with Gasteiger partial charge in [-0.15, -0.1) is 0 Å². The third kappa shape index (κ3) is 4.99. The number of likely N-dealkylation sites (tertiary alicyclic amines) is 1. The number of benzene rings is 1. The van der Waals surface area contributed by atoms with Gasteiger partial charge in [-0.25, -0.2) is 9.78 Å². The fourth-order valence-corrected chi connectivity index (χ4v) is 3.63. The van der Waals surface area contributed by atoms with Gasteiger partial charge in [0.15, 0.2) is 0 Å². The van der Waals surface area contributed by atoms with Gasteiger partial charge < -0.3 is 15.3 Å². The van der Waals surface area contributed by atoms with E-state index in [0.29, 0.717) is 31.5 Å². The van der Waals surface area contributed by atoms with Gasteiger partial charge in [-0.2, -0.15) is 0 Å². The number of carboxylic acid groups (broad SMARTS) is 1. The first-order valence-electron chi connectivity index (χ1n) is 9.83. The number of hydrogen-bond donors (Lipinski definition) is 2. The number of amides is 2. The van der Waals surface area contributed by atoms with E-state index >= 15 is 0 Å². The van der Waals surface area contributed by atoms with E-state index in [9.17, 15) is 14.4 Å². The van der Waals surface area contributed by atoms with Gasteiger partial charge in [-0.05, 0) is 37.0 Å². The number of carboxylic acids is 1. The minimum Gasteiger partial charge on any atom is -0.477 e. The highest BCUT2D eigenvalue weighted by Crippen LogP contribution is 2.24. The second-order valence-electron chi connectivity index (χ2n) is 7.18. The lowest BCUT2D eigenvalue weighted by Crippen LogP contribution is -2.47. The summed E-state index contributed by atoms with van der Waals surface area (Å²) in [5.74, 6) is -1.41. The second-order valence-corrected chi connectivity index (χ2v) is 7.18. The molecule has 0 aliphatic carbocycles. The van der Waals surface area contributed by atoms with Crippen LogP contribution >= 0.6 is 0 Å². The Balaban J connectivity index is 1.54. The molecule has 1 atom stereocenters. The zero-order chi connectivity index (χ0) is 20.8. The van der Waals surface area contributed by atoms with Crippen LogP contribution in [0.25, 0.3) is 0 Å². The van der Waals surface area contributed by atoms with Crippen LogP contribution in [0.3, 0.4) is 0 Å². The summed E-state index contributed by atoms with van der Waals surface area (Å²) in [7, 11) is 0. The maximum Gasteiger partial charge on any atom is 0.354 e. The van der Waals surface area contributed by atoms with Gasteiger partial charge in [0.1, 0.15) is 5.69 Å². The van der Waals surface area contributed by atoms with Crippen LogP contribution in [0.4, 0.5) is 0 Å². The van der Waals surface area contributed by atoms with Crippen molar-refractivity contribution in [2.45, 2.75) is 38.1 Å². The van der Waals surface area contributed by atoms with Crippen molar-refractivity contribution in [2.24, 2.45) is 0 Å². The molecule has 0 spiro atoms. The van der Waals surface area contributed by atoms with Gasteiger partial charge in [0.25, 0.3) is 5.91 Å². The molecule has 1 aliphatic heterocycles. The lowest BCUT2D eigenvalue weighted by atomic mass is 9.93. The van der Waals surface area contributed by atoms with Crippen molar-refractivity contribution in [3.63, 3.8) is 0 Å². The van der Waals surface area contributed by atoms with Crippen LogP contribution < -0.4 is 5.32 Å². The summed E-state index contributed by atoms with van der Waals surface area (Å²) in [6, 6.07) is 12.6. The average Bonchev–Trinajstić information content (AvgIpc) is 2.75. The summed E-state index contributed by atoms with van der Waals surface area (Å²) < 4.78 is 0. The minimum atomic E-state index is -1.13. The van der Waals surface area contributed by atoms with Gasteiger partial charge >= 0.3 is 5.97 Å². The standard InChI is InChI=1S/C22H25N3O4/c1-2-18(15-6-4-3-5-7-15)21(27)25-12-10-17(11-13-25)24-20(26)16-8-9-19(22(28)29)23-14-16/h3-9,14,17-18H,2,10-13H2,1H3,(H,24,26)(H,28,29). The topological polar surface area (TPSA) is 99.6 Å². The van der Waals surface area contributed by atoms with Crippen molar-refractivity contribution in [3.05, 3.63) is 65.5 Å². The second kappa shape index (κ2) is 9.32. The van der Waals surface area contributed by atoms with Crippen LogP contribution in [-0.4, -0.2) is 51.9 Å². The van der Waals surface area contributed by atoms with E-state index in [2.05, 4.69) is 10.3 Å². The Kier molecular flexibility index (Phi) is 6.59. The molecule has 2 heterocycles. The van der Waals surface area contributed by atoms with Crippen molar-refractivity contribution in [2.75, 3.05) is 13.1 Å². The van der Waals surface area contributed by atoms with Crippen molar-refractivity contribution >= 4 is 17.8 Å². The molecule has 2 amide bonds. The first-order valence-corrected chi connectivity index (χ1v) is 9.83.